The first-order valence-corrected chi connectivity index (χ1v) is 9.30. The smallest absolute Gasteiger partial charge is 0.139 e. The number of benzene rings is 4. The van der Waals surface area contributed by atoms with Crippen molar-refractivity contribution < 1.29 is 8.81 Å². The molecule has 0 N–H and O–H groups in total. The second-order valence-electron chi connectivity index (χ2n) is 6.55. The average Bonchev–Trinajstić information content (AvgIpc) is 3.07. The molecule has 2 nitrogen and oxygen atoms in total. The van der Waals surface area contributed by atoms with Crippen molar-refractivity contribution in [1.29, 1.82) is 0 Å². The highest BCUT2D eigenvalue weighted by molar-refractivity contribution is 6.31. The van der Waals surface area contributed by atoms with Gasteiger partial charge in [-0.1, -0.05) is 48.0 Å². The molecular formula is C24H15ClFNO. The fourth-order valence-electron chi connectivity index (χ4n) is 3.55. The summed E-state index contributed by atoms with van der Waals surface area (Å²) in [5.41, 5.74) is 4.03. The lowest BCUT2D eigenvalue weighted by atomic mass is 10.1. The molecule has 0 saturated carbocycles. The van der Waals surface area contributed by atoms with Gasteiger partial charge >= 0.3 is 0 Å². The Kier molecular flexibility index (Phi) is 4.03. The number of anilines is 3. The van der Waals surface area contributed by atoms with E-state index in [0.29, 0.717) is 21.6 Å². The van der Waals surface area contributed by atoms with Crippen LogP contribution in [0.3, 0.4) is 0 Å². The molecule has 5 rings (SSSR count). The third-order valence-corrected chi connectivity index (χ3v) is 4.98. The third-order valence-electron chi connectivity index (χ3n) is 4.76. The molecule has 4 heteroatoms. The largest absolute Gasteiger partial charge is 0.456 e. The van der Waals surface area contributed by atoms with Crippen LogP contribution in [0.2, 0.25) is 5.02 Å². The molecule has 0 aliphatic rings. The molecule has 136 valence electrons. The van der Waals surface area contributed by atoms with Crippen LogP contribution in [0.1, 0.15) is 0 Å². The summed E-state index contributed by atoms with van der Waals surface area (Å²) in [6, 6.07) is 28.9. The van der Waals surface area contributed by atoms with Gasteiger partial charge in [0.05, 0.1) is 5.39 Å². The number of nitrogens with zero attached hydrogens (tertiary/aromatic N) is 1. The number of rotatable bonds is 3. The van der Waals surface area contributed by atoms with Crippen molar-refractivity contribution in [3.63, 3.8) is 0 Å². The molecule has 0 radical (unpaired) electrons. The zero-order valence-electron chi connectivity index (χ0n) is 14.8. The zero-order valence-corrected chi connectivity index (χ0v) is 15.5. The van der Waals surface area contributed by atoms with Crippen LogP contribution in [-0.4, -0.2) is 0 Å². The summed E-state index contributed by atoms with van der Waals surface area (Å²) in [5, 5.41) is 1.49. The van der Waals surface area contributed by atoms with E-state index in [-0.39, 0.29) is 5.82 Å². The summed E-state index contributed by atoms with van der Waals surface area (Å²) in [6.07, 6.45) is 0. The highest BCUT2D eigenvalue weighted by atomic mass is 35.5. The lowest BCUT2D eigenvalue weighted by Crippen LogP contribution is -2.09. The molecule has 0 spiro atoms. The Bertz CT molecular complexity index is 1240. The molecule has 5 aromatic rings. The third kappa shape index (κ3) is 2.81. The minimum Gasteiger partial charge on any atom is -0.456 e. The fourth-order valence-corrected chi connectivity index (χ4v) is 3.75. The van der Waals surface area contributed by atoms with Crippen LogP contribution in [0.5, 0.6) is 0 Å². The molecule has 1 aromatic heterocycles. The van der Waals surface area contributed by atoms with Crippen LogP contribution in [0.15, 0.2) is 95.4 Å². The highest BCUT2D eigenvalue weighted by Gasteiger charge is 2.17. The molecule has 1 heterocycles. The maximum absolute atomic E-state index is 14.6. The predicted octanol–water partition coefficient (Wildman–Crippen LogP) is 7.85. The second-order valence-corrected chi connectivity index (χ2v) is 6.99. The molecule has 0 unspecified atom stereocenters. The van der Waals surface area contributed by atoms with E-state index < -0.39 is 0 Å². The highest BCUT2D eigenvalue weighted by Crippen LogP contribution is 2.39. The first kappa shape index (κ1) is 16.8. The number of hydrogen-bond acceptors (Lipinski definition) is 2. The van der Waals surface area contributed by atoms with E-state index >= 15 is 0 Å². The van der Waals surface area contributed by atoms with Crippen LogP contribution in [0.25, 0.3) is 21.9 Å². The standard InChI is InChI=1S/C24H15ClFNO/c25-16-13-21(26)24-20-15-19(11-12-22(20)28-23(24)14-16)27(17-7-3-1-4-8-17)18-9-5-2-6-10-18/h1-15H. The number of para-hydroxylation sites is 2. The van der Waals surface area contributed by atoms with E-state index in [2.05, 4.69) is 4.90 Å². The SMILES string of the molecule is Fc1cc(Cl)cc2oc3ccc(N(c4ccccc4)c4ccccc4)cc3c12. The molecule has 0 aliphatic carbocycles. The molecule has 0 amide bonds. The van der Waals surface area contributed by atoms with Crippen LogP contribution >= 0.6 is 11.6 Å². The summed E-state index contributed by atoms with van der Waals surface area (Å²) in [4.78, 5) is 2.13. The van der Waals surface area contributed by atoms with Crippen LogP contribution in [0.4, 0.5) is 21.5 Å². The summed E-state index contributed by atoms with van der Waals surface area (Å²) in [6.45, 7) is 0. The van der Waals surface area contributed by atoms with E-state index in [1.165, 1.54) is 6.07 Å². The molecule has 0 bridgehead atoms. The monoisotopic (exact) mass is 387 g/mol. The van der Waals surface area contributed by atoms with Gasteiger partial charge in [-0.2, -0.15) is 0 Å². The summed E-state index contributed by atoms with van der Waals surface area (Å²) >= 11 is 5.99. The Labute approximate surface area is 166 Å². The van der Waals surface area contributed by atoms with Gasteiger partial charge in [-0.15, -0.1) is 0 Å². The Balaban J connectivity index is 1.76. The molecule has 0 aliphatic heterocycles. The molecule has 4 aromatic carbocycles. The lowest BCUT2D eigenvalue weighted by Gasteiger charge is -2.25. The summed E-state index contributed by atoms with van der Waals surface area (Å²) in [7, 11) is 0. The van der Waals surface area contributed by atoms with Gasteiger partial charge in [0, 0.05) is 33.5 Å². The Morgan fingerprint density at radius 3 is 1.96 bits per heavy atom. The van der Waals surface area contributed by atoms with E-state index in [1.54, 1.807) is 6.07 Å². The van der Waals surface area contributed by atoms with Crippen molar-refractivity contribution >= 4 is 50.6 Å². The molecule has 28 heavy (non-hydrogen) atoms. The predicted molar refractivity (Wildman–Crippen MR) is 113 cm³/mol. The van der Waals surface area contributed by atoms with Crippen LogP contribution < -0.4 is 4.90 Å². The number of hydrogen-bond donors (Lipinski definition) is 0. The molecule has 0 saturated heterocycles. The van der Waals surface area contributed by atoms with Gasteiger partial charge in [-0.05, 0) is 48.5 Å². The van der Waals surface area contributed by atoms with E-state index in [9.17, 15) is 4.39 Å². The van der Waals surface area contributed by atoms with Crippen molar-refractivity contribution in [2.24, 2.45) is 0 Å². The number of furan rings is 1. The first-order chi connectivity index (χ1) is 13.7. The van der Waals surface area contributed by atoms with E-state index in [4.69, 9.17) is 16.0 Å². The Hall–Kier alpha value is -3.30. The lowest BCUT2D eigenvalue weighted by molar-refractivity contribution is 0.634. The fraction of sp³-hybridized carbons (Fsp3) is 0. The maximum atomic E-state index is 14.6. The normalized spacial score (nSPS) is 11.2. The Morgan fingerprint density at radius 1 is 0.679 bits per heavy atom. The van der Waals surface area contributed by atoms with Gasteiger partial charge in [-0.3, -0.25) is 0 Å². The van der Waals surface area contributed by atoms with Gasteiger partial charge in [0.25, 0.3) is 0 Å². The maximum Gasteiger partial charge on any atom is 0.139 e. The molecular weight excluding hydrogens is 373 g/mol. The second kappa shape index (κ2) is 6.70. The summed E-state index contributed by atoms with van der Waals surface area (Å²) in [5.74, 6) is -0.385. The number of halogens is 2. The van der Waals surface area contributed by atoms with Gasteiger partial charge in [0.15, 0.2) is 0 Å². The van der Waals surface area contributed by atoms with Crippen LogP contribution in [0, 0.1) is 5.82 Å². The van der Waals surface area contributed by atoms with E-state index in [0.717, 1.165) is 22.4 Å². The zero-order chi connectivity index (χ0) is 19.1. The van der Waals surface area contributed by atoms with Crippen molar-refractivity contribution in [3.8, 4) is 0 Å². The average molecular weight is 388 g/mol. The van der Waals surface area contributed by atoms with Crippen molar-refractivity contribution in [2.75, 3.05) is 4.90 Å². The van der Waals surface area contributed by atoms with Gasteiger partial charge < -0.3 is 9.32 Å². The minimum atomic E-state index is -0.385. The first-order valence-electron chi connectivity index (χ1n) is 8.92. The van der Waals surface area contributed by atoms with Gasteiger partial charge in [0.2, 0.25) is 0 Å². The Morgan fingerprint density at radius 2 is 1.32 bits per heavy atom. The molecule has 0 atom stereocenters. The van der Waals surface area contributed by atoms with Gasteiger partial charge in [-0.25, -0.2) is 4.39 Å². The molecule has 0 fully saturated rings. The minimum absolute atomic E-state index is 0.319. The van der Waals surface area contributed by atoms with Crippen molar-refractivity contribution in [3.05, 3.63) is 102 Å². The van der Waals surface area contributed by atoms with Crippen molar-refractivity contribution in [1.82, 2.24) is 0 Å². The summed E-state index contributed by atoms with van der Waals surface area (Å²) < 4.78 is 20.4. The van der Waals surface area contributed by atoms with Crippen molar-refractivity contribution in [2.45, 2.75) is 0 Å². The van der Waals surface area contributed by atoms with Gasteiger partial charge in [0.1, 0.15) is 17.0 Å². The quantitative estimate of drug-likeness (QED) is 0.313. The van der Waals surface area contributed by atoms with Crippen LogP contribution in [-0.2, 0) is 0 Å². The number of fused-ring (bicyclic) bond motifs is 3. The van der Waals surface area contributed by atoms with E-state index in [1.807, 2.05) is 78.9 Å². The topological polar surface area (TPSA) is 16.4 Å².